The van der Waals surface area contributed by atoms with Crippen molar-refractivity contribution < 1.29 is 9.59 Å². The first-order valence-corrected chi connectivity index (χ1v) is 8.11. The SMILES string of the molecule is Cn1cc(I)c(=O)n(CC(=O)N2CC(=O)Nc3ccccc32)c1=O. The summed E-state index contributed by atoms with van der Waals surface area (Å²) in [7, 11) is 1.51. The summed E-state index contributed by atoms with van der Waals surface area (Å²) in [5.74, 6) is -0.830. The van der Waals surface area contributed by atoms with Crippen molar-refractivity contribution in [3.63, 3.8) is 0 Å². The zero-order valence-electron chi connectivity index (χ0n) is 12.7. The standard InChI is InChI=1S/C15H13IN4O4/c1-18-6-9(16)14(23)20(15(18)24)8-13(22)19-7-12(21)17-10-4-2-3-5-11(10)19/h2-6H,7-8H2,1H3,(H,17,21). The second-order valence-corrected chi connectivity index (χ2v) is 6.47. The van der Waals surface area contributed by atoms with Crippen LogP contribution in [-0.2, 0) is 23.2 Å². The van der Waals surface area contributed by atoms with Crippen LogP contribution in [0.25, 0.3) is 0 Å². The maximum Gasteiger partial charge on any atom is 0.331 e. The van der Waals surface area contributed by atoms with Gasteiger partial charge in [0.15, 0.2) is 0 Å². The predicted octanol–water partition coefficient (Wildman–Crippen LogP) is 0.137. The number of amides is 2. The zero-order chi connectivity index (χ0) is 17.4. The van der Waals surface area contributed by atoms with E-state index in [0.29, 0.717) is 14.9 Å². The summed E-state index contributed by atoms with van der Waals surface area (Å²) in [5, 5.41) is 2.68. The molecular weight excluding hydrogens is 427 g/mol. The number of hydrogen-bond donors (Lipinski definition) is 1. The molecule has 8 nitrogen and oxygen atoms in total. The van der Waals surface area contributed by atoms with Crippen molar-refractivity contribution in [2.75, 3.05) is 16.8 Å². The molecule has 0 spiro atoms. The third-order valence-corrected chi connectivity index (χ3v) is 4.39. The van der Waals surface area contributed by atoms with E-state index in [1.807, 2.05) is 22.6 Å². The number of benzene rings is 1. The van der Waals surface area contributed by atoms with Crippen LogP contribution in [0, 0.1) is 3.57 Å². The van der Waals surface area contributed by atoms with Gasteiger partial charge in [0.05, 0.1) is 14.9 Å². The Morgan fingerprint density at radius 1 is 1.25 bits per heavy atom. The van der Waals surface area contributed by atoms with Crippen molar-refractivity contribution in [1.29, 1.82) is 0 Å². The highest BCUT2D eigenvalue weighted by Gasteiger charge is 2.27. The highest BCUT2D eigenvalue weighted by molar-refractivity contribution is 14.1. The number of fused-ring (bicyclic) bond motifs is 1. The molecule has 0 saturated carbocycles. The van der Waals surface area contributed by atoms with E-state index in [9.17, 15) is 19.2 Å². The third kappa shape index (κ3) is 2.86. The van der Waals surface area contributed by atoms with E-state index in [0.717, 1.165) is 4.57 Å². The fraction of sp³-hybridized carbons (Fsp3) is 0.200. The van der Waals surface area contributed by atoms with Crippen LogP contribution >= 0.6 is 22.6 Å². The smallest absolute Gasteiger partial charge is 0.323 e. The van der Waals surface area contributed by atoms with Gasteiger partial charge in [-0.1, -0.05) is 12.1 Å². The molecule has 0 atom stereocenters. The summed E-state index contributed by atoms with van der Waals surface area (Å²) >= 11 is 1.81. The summed E-state index contributed by atoms with van der Waals surface area (Å²) in [6, 6.07) is 6.87. The fourth-order valence-corrected chi connectivity index (χ4v) is 3.21. The van der Waals surface area contributed by atoms with Crippen molar-refractivity contribution in [2.24, 2.45) is 7.05 Å². The molecule has 0 fully saturated rings. The Kier molecular flexibility index (Phi) is 4.26. The van der Waals surface area contributed by atoms with Gasteiger partial charge in [0.25, 0.3) is 5.56 Å². The topological polar surface area (TPSA) is 93.4 Å². The molecule has 1 aromatic carbocycles. The van der Waals surface area contributed by atoms with Gasteiger partial charge in [-0.3, -0.25) is 19.3 Å². The number of aromatic nitrogens is 2. The van der Waals surface area contributed by atoms with Crippen LogP contribution in [0.2, 0.25) is 0 Å². The van der Waals surface area contributed by atoms with E-state index in [-0.39, 0.29) is 12.5 Å². The van der Waals surface area contributed by atoms with Gasteiger partial charge in [-0.05, 0) is 34.7 Å². The molecule has 124 valence electrons. The Bertz CT molecular complexity index is 928. The zero-order valence-corrected chi connectivity index (χ0v) is 14.8. The van der Waals surface area contributed by atoms with Gasteiger partial charge in [-0.25, -0.2) is 9.36 Å². The monoisotopic (exact) mass is 440 g/mol. The molecular formula is C15H13IN4O4. The van der Waals surface area contributed by atoms with Crippen molar-refractivity contribution >= 4 is 45.8 Å². The maximum atomic E-state index is 12.6. The van der Waals surface area contributed by atoms with E-state index in [1.165, 1.54) is 22.7 Å². The number of nitrogens with one attached hydrogen (secondary N) is 1. The average molecular weight is 440 g/mol. The number of hydrogen-bond acceptors (Lipinski definition) is 4. The van der Waals surface area contributed by atoms with Crippen molar-refractivity contribution in [3.05, 3.63) is 54.9 Å². The van der Waals surface area contributed by atoms with Crippen LogP contribution in [0.1, 0.15) is 0 Å². The lowest BCUT2D eigenvalue weighted by Crippen LogP contribution is -2.48. The van der Waals surface area contributed by atoms with Crippen LogP contribution < -0.4 is 21.5 Å². The summed E-state index contributed by atoms with van der Waals surface area (Å²) < 4.78 is 2.45. The van der Waals surface area contributed by atoms with Gasteiger partial charge in [-0.2, -0.15) is 0 Å². The molecule has 1 N–H and O–H groups in total. The maximum absolute atomic E-state index is 12.6. The summed E-state index contributed by atoms with van der Waals surface area (Å²) in [6.07, 6.45) is 1.41. The van der Waals surface area contributed by atoms with E-state index < -0.39 is 23.7 Å². The number of para-hydroxylation sites is 2. The number of anilines is 2. The van der Waals surface area contributed by atoms with Crippen LogP contribution in [0.4, 0.5) is 11.4 Å². The largest absolute Gasteiger partial charge is 0.331 e. The Balaban J connectivity index is 1.99. The van der Waals surface area contributed by atoms with Gasteiger partial charge in [-0.15, -0.1) is 0 Å². The van der Waals surface area contributed by atoms with Crippen molar-refractivity contribution in [3.8, 4) is 0 Å². The quantitative estimate of drug-likeness (QED) is 0.673. The normalized spacial score (nSPS) is 13.4. The fourth-order valence-electron chi connectivity index (χ4n) is 2.50. The highest BCUT2D eigenvalue weighted by atomic mass is 127. The molecule has 1 aliphatic rings. The molecule has 9 heteroatoms. The average Bonchev–Trinajstić information content (AvgIpc) is 2.56. The second-order valence-electron chi connectivity index (χ2n) is 5.31. The van der Waals surface area contributed by atoms with Gasteiger partial charge < -0.3 is 9.88 Å². The Morgan fingerprint density at radius 3 is 2.71 bits per heavy atom. The van der Waals surface area contributed by atoms with Crippen molar-refractivity contribution in [1.82, 2.24) is 9.13 Å². The lowest BCUT2D eigenvalue weighted by Gasteiger charge is -2.29. The molecule has 0 radical (unpaired) electrons. The Labute approximate surface area is 149 Å². The van der Waals surface area contributed by atoms with Gasteiger partial charge in [0.1, 0.15) is 13.1 Å². The first kappa shape index (κ1) is 16.4. The van der Waals surface area contributed by atoms with Gasteiger partial charge in [0, 0.05) is 13.2 Å². The number of rotatable bonds is 2. The molecule has 1 aromatic heterocycles. The minimum absolute atomic E-state index is 0.158. The van der Waals surface area contributed by atoms with Gasteiger partial charge >= 0.3 is 5.69 Å². The summed E-state index contributed by atoms with van der Waals surface area (Å²) in [5.41, 5.74) is -0.0482. The molecule has 0 unspecified atom stereocenters. The molecule has 2 heterocycles. The molecule has 0 saturated heterocycles. The molecule has 24 heavy (non-hydrogen) atoms. The number of halogens is 1. The summed E-state index contributed by atoms with van der Waals surface area (Å²) in [6.45, 7) is -0.585. The van der Waals surface area contributed by atoms with E-state index in [2.05, 4.69) is 5.32 Å². The molecule has 1 aliphatic heterocycles. The van der Waals surface area contributed by atoms with E-state index >= 15 is 0 Å². The lowest BCUT2D eigenvalue weighted by molar-refractivity contribution is -0.122. The molecule has 2 aromatic rings. The Morgan fingerprint density at radius 2 is 1.96 bits per heavy atom. The minimum Gasteiger partial charge on any atom is -0.323 e. The van der Waals surface area contributed by atoms with Crippen LogP contribution in [-0.4, -0.2) is 27.5 Å². The van der Waals surface area contributed by atoms with Crippen LogP contribution in [0.15, 0.2) is 40.1 Å². The number of carbonyl (C=O) groups excluding carboxylic acids is 2. The first-order valence-electron chi connectivity index (χ1n) is 7.03. The highest BCUT2D eigenvalue weighted by Crippen LogP contribution is 2.28. The van der Waals surface area contributed by atoms with Gasteiger partial charge in [0.2, 0.25) is 11.8 Å². The minimum atomic E-state index is -0.580. The molecule has 2 amide bonds. The molecule has 0 aliphatic carbocycles. The summed E-state index contributed by atoms with van der Waals surface area (Å²) in [4.78, 5) is 50.0. The third-order valence-electron chi connectivity index (χ3n) is 3.65. The second kappa shape index (κ2) is 6.23. The molecule has 0 bridgehead atoms. The lowest BCUT2D eigenvalue weighted by atomic mass is 10.2. The predicted molar refractivity (Wildman–Crippen MR) is 96.1 cm³/mol. The number of aryl methyl sites for hydroxylation is 1. The Hall–Kier alpha value is -2.43. The number of nitrogens with zero attached hydrogens (tertiary/aromatic N) is 3. The van der Waals surface area contributed by atoms with Crippen LogP contribution in [0.3, 0.4) is 0 Å². The van der Waals surface area contributed by atoms with E-state index in [1.54, 1.807) is 24.3 Å². The van der Waals surface area contributed by atoms with Crippen molar-refractivity contribution in [2.45, 2.75) is 6.54 Å². The molecule has 3 rings (SSSR count). The van der Waals surface area contributed by atoms with E-state index in [4.69, 9.17) is 0 Å². The first-order chi connectivity index (χ1) is 11.4. The van der Waals surface area contributed by atoms with Crippen LogP contribution in [0.5, 0.6) is 0 Å². The number of carbonyl (C=O) groups is 2.